The van der Waals surface area contributed by atoms with Crippen LogP contribution in [0.5, 0.6) is 0 Å². The number of aliphatic carboxylic acids is 1. The standard InChI is InChI=1S/C30H36N4O7/c1-17(35)25(29(39)34-26(18(2)36)30(40)41)33-28(38)24(16-20-12-13-21-10-6-7-11-22(21)14-20)32-27(37)23(31)15-19-8-4-3-5-9-19/h3-14,17-18,23-26,35-36H,15-16,31H2,1-2H3,(H,32,37)(H,33,38)(H,34,39)(H,40,41)/t17-,18-,23+,24+,25+,26+/m0/s1. The molecule has 0 bridgehead atoms. The largest absolute Gasteiger partial charge is 0.480 e. The molecule has 218 valence electrons. The lowest BCUT2D eigenvalue weighted by Gasteiger charge is -2.27. The van der Waals surface area contributed by atoms with Gasteiger partial charge in [0.2, 0.25) is 17.7 Å². The van der Waals surface area contributed by atoms with Crippen molar-refractivity contribution < 1.29 is 34.5 Å². The number of carbonyl (C=O) groups excluding carboxylic acids is 3. The summed E-state index contributed by atoms with van der Waals surface area (Å²) in [6.45, 7) is 2.43. The Bertz CT molecular complexity index is 1360. The highest BCUT2D eigenvalue weighted by atomic mass is 16.4. The molecule has 11 heteroatoms. The molecule has 0 saturated carbocycles. The first-order valence-electron chi connectivity index (χ1n) is 13.2. The maximum Gasteiger partial charge on any atom is 0.328 e. The second-order valence-corrected chi connectivity index (χ2v) is 10.0. The van der Waals surface area contributed by atoms with Gasteiger partial charge in [-0.25, -0.2) is 4.79 Å². The van der Waals surface area contributed by atoms with Crippen LogP contribution in [0.4, 0.5) is 0 Å². The van der Waals surface area contributed by atoms with Crippen molar-refractivity contribution in [1.29, 1.82) is 0 Å². The minimum absolute atomic E-state index is 0.0417. The Kier molecular flexibility index (Phi) is 10.9. The van der Waals surface area contributed by atoms with Gasteiger partial charge in [-0.3, -0.25) is 14.4 Å². The van der Waals surface area contributed by atoms with Crippen LogP contribution in [0.2, 0.25) is 0 Å². The first-order valence-corrected chi connectivity index (χ1v) is 13.2. The molecule has 3 aromatic rings. The SMILES string of the molecule is C[C@H](O)[C@@H](NC(=O)[C@H](NC(=O)[C@@H](Cc1ccc2ccccc2c1)NC(=O)[C@H](N)Cc1ccccc1)[C@H](C)O)C(=O)O. The van der Waals surface area contributed by atoms with Crippen molar-refractivity contribution in [1.82, 2.24) is 16.0 Å². The second kappa shape index (κ2) is 14.4. The lowest BCUT2D eigenvalue weighted by atomic mass is 9.99. The van der Waals surface area contributed by atoms with Crippen molar-refractivity contribution in [2.45, 2.75) is 63.1 Å². The van der Waals surface area contributed by atoms with Gasteiger partial charge < -0.3 is 37.0 Å². The van der Waals surface area contributed by atoms with Crippen LogP contribution in [0.15, 0.2) is 72.8 Å². The van der Waals surface area contributed by atoms with E-state index in [1.165, 1.54) is 13.8 Å². The Hall–Kier alpha value is -4.32. The third kappa shape index (κ3) is 8.84. The molecule has 3 amide bonds. The summed E-state index contributed by atoms with van der Waals surface area (Å²) < 4.78 is 0. The molecule has 8 N–H and O–H groups in total. The number of rotatable bonds is 13. The number of hydrogen-bond acceptors (Lipinski definition) is 7. The van der Waals surface area contributed by atoms with Crippen LogP contribution in [0, 0.1) is 0 Å². The molecule has 0 aromatic heterocycles. The monoisotopic (exact) mass is 564 g/mol. The zero-order chi connectivity index (χ0) is 30.1. The lowest BCUT2D eigenvalue weighted by molar-refractivity contribution is -0.146. The van der Waals surface area contributed by atoms with Gasteiger partial charge in [0, 0.05) is 6.42 Å². The van der Waals surface area contributed by atoms with Crippen molar-refractivity contribution >= 4 is 34.5 Å². The number of carboxylic acid groups (broad SMARTS) is 1. The smallest absolute Gasteiger partial charge is 0.328 e. The molecular weight excluding hydrogens is 528 g/mol. The van der Waals surface area contributed by atoms with Gasteiger partial charge in [-0.05, 0) is 42.2 Å². The molecular formula is C30H36N4O7. The Morgan fingerprint density at radius 1 is 0.683 bits per heavy atom. The van der Waals surface area contributed by atoms with Gasteiger partial charge in [-0.2, -0.15) is 0 Å². The van der Waals surface area contributed by atoms with E-state index in [4.69, 9.17) is 5.73 Å². The predicted molar refractivity (Wildman–Crippen MR) is 153 cm³/mol. The van der Waals surface area contributed by atoms with Crippen LogP contribution in [0.1, 0.15) is 25.0 Å². The molecule has 0 aliphatic carbocycles. The number of benzene rings is 3. The van der Waals surface area contributed by atoms with Crippen LogP contribution in [0.3, 0.4) is 0 Å². The van der Waals surface area contributed by atoms with Crippen LogP contribution < -0.4 is 21.7 Å². The van der Waals surface area contributed by atoms with Crippen molar-refractivity contribution in [2.75, 3.05) is 0 Å². The average molecular weight is 565 g/mol. The first-order chi connectivity index (χ1) is 19.5. The van der Waals surface area contributed by atoms with E-state index < -0.39 is 60.1 Å². The van der Waals surface area contributed by atoms with E-state index >= 15 is 0 Å². The third-order valence-electron chi connectivity index (χ3n) is 6.63. The summed E-state index contributed by atoms with van der Waals surface area (Å²) in [5.74, 6) is -3.88. The van der Waals surface area contributed by atoms with Gasteiger partial charge >= 0.3 is 5.97 Å². The van der Waals surface area contributed by atoms with E-state index in [2.05, 4.69) is 16.0 Å². The van der Waals surface area contributed by atoms with Gasteiger partial charge in [0.15, 0.2) is 6.04 Å². The predicted octanol–water partition coefficient (Wildman–Crippen LogP) is 0.253. The molecule has 0 radical (unpaired) electrons. The second-order valence-electron chi connectivity index (χ2n) is 10.0. The summed E-state index contributed by atoms with van der Waals surface area (Å²) in [6, 6.07) is 17.0. The van der Waals surface area contributed by atoms with Crippen molar-refractivity contribution in [3.8, 4) is 0 Å². The van der Waals surface area contributed by atoms with Crippen LogP contribution >= 0.6 is 0 Å². The van der Waals surface area contributed by atoms with Gasteiger partial charge in [-0.1, -0.05) is 72.8 Å². The van der Waals surface area contributed by atoms with Gasteiger partial charge in [-0.15, -0.1) is 0 Å². The quantitative estimate of drug-likeness (QED) is 0.154. The summed E-state index contributed by atoms with van der Waals surface area (Å²) in [7, 11) is 0. The normalized spacial score (nSPS) is 15.5. The number of hydrogen-bond donors (Lipinski definition) is 7. The molecule has 3 rings (SSSR count). The minimum Gasteiger partial charge on any atom is -0.480 e. The van der Waals surface area contributed by atoms with E-state index in [1.807, 2.05) is 72.8 Å². The molecule has 41 heavy (non-hydrogen) atoms. The fourth-order valence-electron chi connectivity index (χ4n) is 4.34. The highest BCUT2D eigenvalue weighted by Gasteiger charge is 2.34. The Morgan fingerprint density at radius 3 is 1.88 bits per heavy atom. The molecule has 0 heterocycles. The van der Waals surface area contributed by atoms with Crippen molar-refractivity contribution in [3.05, 3.63) is 83.9 Å². The average Bonchev–Trinajstić information content (AvgIpc) is 2.93. The molecule has 0 spiro atoms. The topological polar surface area (TPSA) is 191 Å². The number of nitrogens with two attached hydrogens (primary N) is 1. The number of carboxylic acids is 1. The van der Waals surface area contributed by atoms with E-state index in [9.17, 15) is 34.5 Å². The third-order valence-corrected chi connectivity index (χ3v) is 6.63. The van der Waals surface area contributed by atoms with Gasteiger partial charge in [0.05, 0.1) is 18.2 Å². The molecule has 0 fully saturated rings. The van der Waals surface area contributed by atoms with Crippen molar-refractivity contribution in [2.24, 2.45) is 5.73 Å². The van der Waals surface area contributed by atoms with Crippen LogP contribution in [-0.4, -0.2) is 75.4 Å². The van der Waals surface area contributed by atoms with Gasteiger partial charge in [0.1, 0.15) is 12.1 Å². The minimum atomic E-state index is -1.66. The van der Waals surface area contributed by atoms with Crippen LogP contribution in [0.25, 0.3) is 10.8 Å². The molecule has 0 aliphatic heterocycles. The van der Waals surface area contributed by atoms with Crippen LogP contribution in [-0.2, 0) is 32.0 Å². The Balaban J connectivity index is 1.83. The van der Waals surface area contributed by atoms with E-state index in [-0.39, 0.29) is 12.8 Å². The highest BCUT2D eigenvalue weighted by molar-refractivity contribution is 5.94. The summed E-state index contributed by atoms with van der Waals surface area (Å²) in [5, 5.41) is 38.4. The molecule has 3 aromatic carbocycles. The molecule has 0 saturated heterocycles. The molecule has 11 nitrogen and oxygen atoms in total. The summed E-state index contributed by atoms with van der Waals surface area (Å²) in [6.07, 6.45) is -2.60. The van der Waals surface area contributed by atoms with E-state index in [1.54, 1.807) is 0 Å². The zero-order valence-corrected chi connectivity index (χ0v) is 22.9. The molecule has 0 unspecified atom stereocenters. The number of fused-ring (bicyclic) bond motifs is 1. The number of carbonyl (C=O) groups is 4. The molecule has 0 aliphatic rings. The first kappa shape index (κ1) is 31.2. The van der Waals surface area contributed by atoms with E-state index in [0.717, 1.165) is 21.9 Å². The zero-order valence-electron chi connectivity index (χ0n) is 22.9. The van der Waals surface area contributed by atoms with Crippen molar-refractivity contribution in [3.63, 3.8) is 0 Å². The summed E-state index contributed by atoms with van der Waals surface area (Å²) >= 11 is 0. The Labute approximate surface area is 237 Å². The number of nitrogens with one attached hydrogen (secondary N) is 3. The molecule has 6 atom stereocenters. The van der Waals surface area contributed by atoms with E-state index in [0.29, 0.717) is 0 Å². The lowest BCUT2D eigenvalue weighted by Crippen LogP contribution is -2.61. The maximum atomic E-state index is 13.5. The summed E-state index contributed by atoms with van der Waals surface area (Å²) in [4.78, 5) is 50.8. The summed E-state index contributed by atoms with van der Waals surface area (Å²) in [5.41, 5.74) is 7.70. The Morgan fingerprint density at radius 2 is 1.27 bits per heavy atom. The maximum absolute atomic E-state index is 13.5. The number of aliphatic hydroxyl groups is 2. The fraction of sp³-hybridized carbons (Fsp3) is 0.333. The highest BCUT2D eigenvalue weighted by Crippen LogP contribution is 2.17. The fourth-order valence-corrected chi connectivity index (χ4v) is 4.34. The number of amides is 3. The van der Waals surface area contributed by atoms with Gasteiger partial charge in [0.25, 0.3) is 0 Å². The number of aliphatic hydroxyl groups excluding tert-OH is 2.